The number of anilines is 1. The van der Waals surface area contributed by atoms with Crippen molar-refractivity contribution in [1.29, 1.82) is 0 Å². The van der Waals surface area contributed by atoms with Crippen molar-refractivity contribution in [1.82, 2.24) is 5.32 Å². The molecule has 0 bridgehead atoms. The van der Waals surface area contributed by atoms with Crippen molar-refractivity contribution in [2.45, 2.75) is 19.3 Å². The fraction of sp³-hybridized carbons (Fsp3) is 0.625. The molecule has 1 fully saturated rings. The number of hydrogen-bond acceptors (Lipinski definition) is 4. The van der Waals surface area contributed by atoms with E-state index in [0.29, 0.717) is 0 Å². The van der Waals surface area contributed by atoms with Crippen molar-refractivity contribution >= 4 is 5.69 Å². The molecular weight excluding hydrogens is 252 g/mol. The SMILES string of the molecule is CNCCCC1CCN(c2cc(OC)ccc2OC)C1. The van der Waals surface area contributed by atoms with Gasteiger partial charge in [0.2, 0.25) is 0 Å². The molecule has 1 aliphatic heterocycles. The van der Waals surface area contributed by atoms with Crippen LogP contribution in [0.4, 0.5) is 5.69 Å². The van der Waals surface area contributed by atoms with E-state index in [4.69, 9.17) is 9.47 Å². The van der Waals surface area contributed by atoms with Gasteiger partial charge in [-0.05, 0) is 50.9 Å². The lowest BCUT2D eigenvalue weighted by Crippen LogP contribution is -2.20. The highest BCUT2D eigenvalue weighted by Crippen LogP contribution is 2.36. The summed E-state index contributed by atoms with van der Waals surface area (Å²) in [7, 11) is 5.45. The largest absolute Gasteiger partial charge is 0.497 e. The standard InChI is InChI=1S/C16H26N2O2/c1-17-9-4-5-13-8-10-18(12-13)15-11-14(19-2)6-7-16(15)20-3/h6-7,11,13,17H,4-5,8-10,12H2,1-3H3. The zero-order valence-electron chi connectivity index (χ0n) is 12.8. The fourth-order valence-electron chi connectivity index (χ4n) is 2.90. The second kappa shape index (κ2) is 7.39. The molecule has 1 heterocycles. The molecule has 0 saturated carbocycles. The number of ether oxygens (including phenoxy) is 2. The maximum Gasteiger partial charge on any atom is 0.142 e. The summed E-state index contributed by atoms with van der Waals surface area (Å²) < 4.78 is 10.8. The molecule has 1 aromatic rings. The quantitative estimate of drug-likeness (QED) is 0.777. The first-order chi connectivity index (χ1) is 9.78. The zero-order valence-corrected chi connectivity index (χ0v) is 12.8. The third-order valence-electron chi connectivity index (χ3n) is 4.05. The van der Waals surface area contributed by atoms with Gasteiger partial charge < -0.3 is 19.7 Å². The second-order valence-electron chi connectivity index (χ2n) is 5.38. The molecule has 1 unspecified atom stereocenters. The average Bonchev–Trinajstić information content (AvgIpc) is 2.95. The molecule has 1 aliphatic rings. The highest BCUT2D eigenvalue weighted by Gasteiger charge is 2.24. The van der Waals surface area contributed by atoms with E-state index in [-0.39, 0.29) is 0 Å². The highest BCUT2D eigenvalue weighted by atomic mass is 16.5. The van der Waals surface area contributed by atoms with Crippen LogP contribution in [0.25, 0.3) is 0 Å². The first kappa shape index (κ1) is 15.0. The smallest absolute Gasteiger partial charge is 0.142 e. The van der Waals surface area contributed by atoms with Crippen LogP contribution in [0, 0.1) is 5.92 Å². The molecule has 0 radical (unpaired) electrons. The number of nitrogens with zero attached hydrogens (tertiary/aromatic N) is 1. The van der Waals surface area contributed by atoms with Gasteiger partial charge in [-0.1, -0.05) is 0 Å². The number of methoxy groups -OCH3 is 2. The predicted molar refractivity (Wildman–Crippen MR) is 83.0 cm³/mol. The molecule has 0 amide bonds. The van der Waals surface area contributed by atoms with Gasteiger partial charge in [0.15, 0.2) is 0 Å². The molecule has 1 atom stereocenters. The Morgan fingerprint density at radius 2 is 2.15 bits per heavy atom. The molecule has 2 rings (SSSR count). The second-order valence-corrected chi connectivity index (χ2v) is 5.38. The molecule has 1 N–H and O–H groups in total. The van der Waals surface area contributed by atoms with E-state index in [0.717, 1.165) is 42.7 Å². The van der Waals surface area contributed by atoms with Gasteiger partial charge in [0.1, 0.15) is 11.5 Å². The minimum atomic E-state index is 0.791. The summed E-state index contributed by atoms with van der Waals surface area (Å²) in [6.45, 7) is 3.33. The summed E-state index contributed by atoms with van der Waals surface area (Å²) in [6.07, 6.45) is 3.82. The van der Waals surface area contributed by atoms with E-state index in [2.05, 4.69) is 16.3 Å². The van der Waals surface area contributed by atoms with E-state index in [9.17, 15) is 0 Å². The van der Waals surface area contributed by atoms with Crippen molar-refractivity contribution in [2.24, 2.45) is 5.92 Å². The molecule has 4 heteroatoms. The summed E-state index contributed by atoms with van der Waals surface area (Å²) in [4.78, 5) is 2.42. The lowest BCUT2D eigenvalue weighted by Gasteiger charge is -2.22. The van der Waals surface area contributed by atoms with Gasteiger partial charge in [0.05, 0.1) is 19.9 Å². The Bertz CT molecular complexity index is 423. The molecular formula is C16H26N2O2. The first-order valence-electron chi connectivity index (χ1n) is 7.40. The Morgan fingerprint density at radius 3 is 2.85 bits per heavy atom. The first-order valence-corrected chi connectivity index (χ1v) is 7.40. The van der Waals surface area contributed by atoms with Gasteiger partial charge in [0, 0.05) is 19.2 Å². The van der Waals surface area contributed by atoms with Crippen LogP contribution in [0.1, 0.15) is 19.3 Å². The maximum atomic E-state index is 5.48. The minimum absolute atomic E-state index is 0.791. The maximum absolute atomic E-state index is 5.48. The van der Waals surface area contributed by atoms with Crippen LogP contribution >= 0.6 is 0 Å². The lowest BCUT2D eigenvalue weighted by atomic mass is 10.0. The Labute approximate surface area is 122 Å². The van der Waals surface area contributed by atoms with Crippen LogP contribution in [0.3, 0.4) is 0 Å². The summed E-state index contributed by atoms with van der Waals surface area (Å²) in [6, 6.07) is 6.01. The summed E-state index contributed by atoms with van der Waals surface area (Å²) in [5, 5.41) is 3.22. The molecule has 20 heavy (non-hydrogen) atoms. The van der Waals surface area contributed by atoms with Crippen molar-refractivity contribution < 1.29 is 9.47 Å². The average molecular weight is 278 g/mol. The highest BCUT2D eigenvalue weighted by molar-refractivity contribution is 5.62. The Kier molecular flexibility index (Phi) is 5.53. The molecule has 4 nitrogen and oxygen atoms in total. The summed E-state index contributed by atoms with van der Waals surface area (Å²) >= 11 is 0. The summed E-state index contributed by atoms with van der Waals surface area (Å²) in [5.41, 5.74) is 1.16. The van der Waals surface area contributed by atoms with Crippen LogP contribution in [0.15, 0.2) is 18.2 Å². The topological polar surface area (TPSA) is 33.7 Å². The van der Waals surface area contributed by atoms with Crippen LogP contribution in [0.2, 0.25) is 0 Å². The third kappa shape index (κ3) is 3.57. The van der Waals surface area contributed by atoms with Crippen molar-refractivity contribution in [3.05, 3.63) is 18.2 Å². The Morgan fingerprint density at radius 1 is 1.30 bits per heavy atom. The predicted octanol–water partition coefficient (Wildman–Crippen LogP) is 2.53. The van der Waals surface area contributed by atoms with Crippen LogP contribution in [0.5, 0.6) is 11.5 Å². The van der Waals surface area contributed by atoms with Gasteiger partial charge in [-0.3, -0.25) is 0 Å². The van der Waals surface area contributed by atoms with Crippen molar-refractivity contribution in [3.63, 3.8) is 0 Å². The van der Waals surface area contributed by atoms with Gasteiger partial charge in [-0.15, -0.1) is 0 Å². The number of nitrogens with one attached hydrogen (secondary N) is 1. The van der Waals surface area contributed by atoms with Crippen LogP contribution in [-0.2, 0) is 0 Å². The lowest BCUT2D eigenvalue weighted by molar-refractivity contribution is 0.403. The van der Waals surface area contributed by atoms with E-state index < -0.39 is 0 Å². The third-order valence-corrected chi connectivity index (χ3v) is 4.05. The number of benzene rings is 1. The molecule has 0 aliphatic carbocycles. The van der Waals surface area contributed by atoms with Crippen LogP contribution < -0.4 is 19.7 Å². The van der Waals surface area contributed by atoms with Gasteiger partial charge in [-0.25, -0.2) is 0 Å². The summed E-state index contributed by atoms with van der Waals surface area (Å²) in [5.74, 6) is 2.61. The molecule has 0 spiro atoms. The van der Waals surface area contributed by atoms with Crippen molar-refractivity contribution in [2.75, 3.05) is 45.8 Å². The minimum Gasteiger partial charge on any atom is -0.497 e. The molecule has 112 valence electrons. The normalized spacial score (nSPS) is 18.4. The molecule has 1 saturated heterocycles. The zero-order chi connectivity index (χ0) is 14.4. The van der Waals surface area contributed by atoms with Gasteiger partial charge in [0.25, 0.3) is 0 Å². The van der Waals surface area contributed by atoms with Crippen molar-refractivity contribution in [3.8, 4) is 11.5 Å². The van der Waals surface area contributed by atoms with E-state index >= 15 is 0 Å². The van der Waals surface area contributed by atoms with Crippen LogP contribution in [-0.4, -0.2) is 40.9 Å². The monoisotopic (exact) mass is 278 g/mol. The van der Waals surface area contributed by atoms with E-state index in [1.165, 1.54) is 19.3 Å². The van der Waals surface area contributed by atoms with Gasteiger partial charge in [-0.2, -0.15) is 0 Å². The fourth-order valence-corrected chi connectivity index (χ4v) is 2.90. The number of hydrogen-bond donors (Lipinski definition) is 1. The van der Waals surface area contributed by atoms with Gasteiger partial charge >= 0.3 is 0 Å². The molecule has 0 aromatic heterocycles. The Balaban J connectivity index is 2.01. The Hall–Kier alpha value is -1.42. The molecule has 1 aromatic carbocycles. The van der Waals surface area contributed by atoms with E-state index in [1.807, 2.05) is 19.2 Å². The van der Waals surface area contributed by atoms with E-state index in [1.54, 1.807) is 14.2 Å². The number of rotatable bonds is 7.